The smallest absolute Gasteiger partial charge is 0.272 e. The Morgan fingerprint density at radius 1 is 1.23 bits per heavy atom. The number of carbonyl (C=O) groups is 2. The first-order valence-corrected chi connectivity index (χ1v) is 9.91. The quantitative estimate of drug-likeness (QED) is 0.672. The van der Waals surface area contributed by atoms with Gasteiger partial charge >= 0.3 is 0 Å². The van der Waals surface area contributed by atoms with Crippen LogP contribution in [0.2, 0.25) is 0 Å². The Morgan fingerprint density at radius 3 is 2.60 bits per heavy atom. The van der Waals surface area contributed by atoms with Gasteiger partial charge in [-0.3, -0.25) is 14.6 Å². The van der Waals surface area contributed by atoms with Gasteiger partial charge in [-0.15, -0.1) is 0 Å². The maximum atomic E-state index is 12.7. The monoisotopic (exact) mass is 417 g/mol. The second-order valence-corrected chi connectivity index (χ2v) is 7.69. The van der Waals surface area contributed by atoms with Crippen LogP contribution in [0, 0.1) is 19.8 Å². The molecule has 2 aromatic heterocycles. The van der Waals surface area contributed by atoms with E-state index in [4.69, 9.17) is 4.74 Å². The van der Waals surface area contributed by atoms with Gasteiger partial charge in [0.05, 0.1) is 6.04 Å². The number of halogens is 2. The molecule has 3 rings (SSSR count). The van der Waals surface area contributed by atoms with Gasteiger partial charge in [0.15, 0.2) is 6.61 Å². The molecule has 1 unspecified atom stereocenters. The number of amides is 1. The summed E-state index contributed by atoms with van der Waals surface area (Å²) in [6.45, 7) is 4.59. The maximum Gasteiger partial charge on any atom is 0.272 e. The number of ether oxygens (including phenoxy) is 1. The van der Waals surface area contributed by atoms with Crippen LogP contribution in [0.15, 0.2) is 24.4 Å². The second kappa shape index (κ2) is 9.28. The van der Waals surface area contributed by atoms with Crippen molar-refractivity contribution in [2.24, 2.45) is 5.92 Å². The van der Waals surface area contributed by atoms with Crippen molar-refractivity contribution in [2.45, 2.75) is 52.5 Å². The lowest BCUT2D eigenvalue weighted by Gasteiger charge is -2.16. The van der Waals surface area contributed by atoms with Gasteiger partial charge in [-0.2, -0.15) is 0 Å². The molecule has 1 aliphatic rings. The molecule has 1 N–H and O–H groups in total. The van der Waals surface area contributed by atoms with Crippen LogP contribution >= 0.6 is 0 Å². The Bertz CT molecular complexity index is 945. The third-order valence-corrected chi connectivity index (χ3v) is 4.90. The zero-order valence-corrected chi connectivity index (χ0v) is 17.2. The second-order valence-electron chi connectivity index (χ2n) is 7.69. The van der Waals surface area contributed by atoms with Gasteiger partial charge in [-0.25, -0.2) is 13.8 Å². The molecule has 6 nitrogen and oxygen atoms in total. The van der Waals surface area contributed by atoms with E-state index in [1.54, 1.807) is 39.0 Å². The normalized spacial score (nSPS) is 14.5. The topological polar surface area (TPSA) is 81.2 Å². The molecule has 0 radical (unpaired) electrons. The minimum atomic E-state index is -2.57. The Labute approximate surface area is 174 Å². The highest BCUT2D eigenvalue weighted by atomic mass is 19.3. The van der Waals surface area contributed by atoms with Crippen LogP contribution in [-0.4, -0.2) is 34.7 Å². The molecule has 160 valence electrons. The van der Waals surface area contributed by atoms with Gasteiger partial charge < -0.3 is 10.1 Å². The molecule has 8 heteroatoms. The number of nitrogens with one attached hydrogen (secondary N) is 1. The number of ketones is 1. The van der Waals surface area contributed by atoms with Crippen molar-refractivity contribution < 1.29 is 23.1 Å². The standard InChI is InChI=1S/C22H25F2N3O3/c1-12-6-17(10-25-22(12)30-11-20(23)24)14(3)27-21(29)16-7-13(2)26-18(8-16)9-19(28)15-4-5-15/h6-8,10,14-15,20H,4-5,9,11H2,1-3H3,(H,27,29). The van der Waals surface area contributed by atoms with Gasteiger partial charge in [0.2, 0.25) is 5.88 Å². The molecule has 1 atom stereocenters. The van der Waals surface area contributed by atoms with Crippen LogP contribution in [0.4, 0.5) is 8.78 Å². The third-order valence-electron chi connectivity index (χ3n) is 4.90. The molecule has 1 saturated carbocycles. The van der Waals surface area contributed by atoms with Crippen molar-refractivity contribution in [1.82, 2.24) is 15.3 Å². The van der Waals surface area contributed by atoms with Crippen LogP contribution in [0.5, 0.6) is 5.88 Å². The minimum absolute atomic E-state index is 0.146. The van der Waals surface area contributed by atoms with Crippen LogP contribution in [0.25, 0.3) is 0 Å². The highest BCUT2D eigenvalue weighted by Gasteiger charge is 2.29. The van der Waals surface area contributed by atoms with E-state index in [-0.39, 0.29) is 36.0 Å². The molecule has 2 heterocycles. The highest BCUT2D eigenvalue weighted by Crippen LogP contribution is 2.31. The molecule has 0 aromatic carbocycles. The van der Waals surface area contributed by atoms with Crippen molar-refractivity contribution in [1.29, 1.82) is 0 Å². The number of Topliss-reactive ketones (excluding diaryl/α,β-unsaturated/α-hetero) is 1. The summed E-state index contributed by atoms with van der Waals surface area (Å²) in [5, 5.41) is 2.90. The Balaban J connectivity index is 1.67. The molecule has 30 heavy (non-hydrogen) atoms. The lowest BCUT2D eigenvalue weighted by molar-refractivity contribution is -0.119. The van der Waals surface area contributed by atoms with Crippen LogP contribution < -0.4 is 10.1 Å². The van der Waals surface area contributed by atoms with E-state index in [1.165, 1.54) is 6.20 Å². The minimum Gasteiger partial charge on any atom is -0.471 e. The number of aromatic nitrogens is 2. The molecule has 2 aromatic rings. The van der Waals surface area contributed by atoms with E-state index < -0.39 is 13.0 Å². The van der Waals surface area contributed by atoms with Crippen LogP contribution in [0.1, 0.15) is 58.7 Å². The summed E-state index contributed by atoms with van der Waals surface area (Å²) in [6, 6.07) is 4.71. The molecule has 1 amide bonds. The van der Waals surface area contributed by atoms with Gasteiger partial charge in [0, 0.05) is 41.1 Å². The average Bonchev–Trinajstić information content (AvgIpc) is 3.51. The first kappa shape index (κ1) is 21.8. The van der Waals surface area contributed by atoms with Crippen molar-refractivity contribution in [3.8, 4) is 5.88 Å². The summed E-state index contributed by atoms with van der Waals surface area (Å²) in [7, 11) is 0. The summed E-state index contributed by atoms with van der Waals surface area (Å²) in [5.74, 6) is 0.174. The molecular weight excluding hydrogens is 392 g/mol. The fourth-order valence-electron chi connectivity index (χ4n) is 3.16. The van der Waals surface area contributed by atoms with E-state index in [1.807, 2.05) is 0 Å². The lowest BCUT2D eigenvalue weighted by Crippen LogP contribution is -2.27. The maximum absolute atomic E-state index is 12.7. The Hall–Kier alpha value is -2.90. The summed E-state index contributed by atoms with van der Waals surface area (Å²) >= 11 is 0. The van der Waals surface area contributed by atoms with E-state index in [9.17, 15) is 18.4 Å². The van der Waals surface area contributed by atoms with Gasteiger partial charge in [0.25, 0.3) is 12.3 Å². The fraction of sp³-hybridized carbons (Fsp3) is 0.455. The number of carbonyl (C=O) groups excluding carboxylic acids is 2. The number of hydrogen-bond donors (Lipinski definition) is 1. The first-order valence-electron chi connectivity index (χ1n) is 9.91. The van der Waals surface area contributed by atoms with Gasteiger partial charge in [0.1, 0.15) is 5.78 Å². The molecule has 0 aliphatic heterocycles. The van der Waals surface area contributed by atoms with Gasteiger partial charge in [-0.1, -0.05) is 0 Å². The Morgan fingerprint density at radius 2 is 1.97 bits per heavy atom. The SMILES string of the molecule is Cc1cc(C(=O)NC(C)c2cnc(OCC(F)F)c(C)c2)cc(CC(=O)C2CC2)n1. The van der Waals surface area contributed by atoms with E-state index in [0.29, 0.717) is 22.5 Å². The van der Waals surface area contributed by atoms with E-state index in [2.05, 4.69) is 15.3 Å². The number of rotatable bonds is 9. The molecule has 0 spiro atoms. The lowest BCUT2D eigenvalue weighted by atomic mass is 10.1. The summed E-state index contributed by atoms with van der Waals surface area (Å²) in [6.07, 6.45) is 1.04. The molecule has 1 fully saturated rings. The van der Waals surface area contributed by atoms with Crippen LogP contribution in [-0.2, 0) is 11.2 Å². The van der Waals surface area contributed by atoms with Crippen molar-refractivity contribution in [3.63, 3.8) is 0 Å². The number of aryl methyl sites for hydroxylation is 2. The largest absolute Gasteiger partial charge is 0.471 e. The molecule has 0 saturated heterocycles. The predicted molar refractivity (Wildman–Crippen MR) is 107 cm³/mol. The third kappa shape index (κ3) is 5.81. The number of alkyl halides is 2. The fourth-order valence-corrected chi connectivity index (χ4v) is 3.16. The number of hydrogen-bond acceptors (Lipinski definition) is 5. The van der Waals surface area contributed by atoms with Crippen LogP contribution in [0.3, 0.4) is 0 Å². The first-order chi connectivity index (χ1) is 14.2. The summed E-state index contributed by atoms with van der Waals surface area (Å²) in [4.78, 5) is 33.3. The zero-order chi connectivity index (χ0) is 21.8. The summed E-state index contributed by atoms with van der Waals surface area (Å²) in [5.41, 5.74) is 3.04. The molecule has 1 aliphatic carbocycles. The average molecular weight is 417 g/mol. The number of nitrogens with zero attached hydrogens (tertiary/aromatic N) is 2. The summed E-state index contributed by atoms with van der Waals surface area (Å²) < 4.78 is 29.6. The van der Waals surface area contributed by atoms with Crippen molar-refractivity contribution >= 4 is 11.7 Å². The van der Waals surface area contributed by atoms with E-state index >= 15 is 0 Å². The zero-order valence-electron chi connectivity index (χ0n) is 17.2. The van der Waals surface area contributed by atoms with Crippen molar-refractivity contribution in [2.75, 3.05) is 6.61 Å². The highest BCUT2D eigenvalue weighted by molar-refractivity contribution is 5.95. The Kier molecular flexibility index (Phi) is 6.74. The molecule has 0 bridgehead atoms. The molecular formula is C22H25F2N3O3. The van der Waals surface area contributed by atoms with Gasteiger partial charge in [-0.05, 0) is 57.4 Å². The number of pyridine rings is 2. The van der Waals surface area contributed by atoms with E-state index in [0.717, 1.165) is 18.4 Å². The predicted octanol–water partition coefficient (Wildman–Crippen LogP) is 3.75. The van der Waals surface area contributed by atoms with Crippen molar-refractivity contribution in [3.05, 3.63) is 52.5 Å².